The number of amides is 1. The standard InChI is InChI=1S/C34H42N2O14/c1-15-43-13-24-31(47-15)27(37)28(38)33(48-24)49-29-18-11-21-20(45-14-46-21)10-17(18)25(26-19(29)12-44-32(26)39)16-8-22(41-4)30(23(9-16)42-5)50-34(40)36(3)7-6-35-2/h8-11,15,19,24-29,31,33,35,37-38H,6-7,12-14H2,1-5H3/t15-,19+,24-,25-,26+,27-,28-,29?,31-,33?/m1/s1. The molecule has 0 bridgehead atoms. The van der Waals surface area contributed by atoms with Gasteiger partial charge in [0, 0.05) is 32.0 Å². The van der Waals surface area contributed by atoms with Crippen LogP contribution in [0.4, 0.5) is 4.79 Å². The van der Waals surface area contributed by atoms with Gasteiger partial charge in [-0.15, -0.1) is 0 Å². The van der Waals surface area contributed by atoms with Gasteiger partial charge >= 0.3 is 12.1 Å². The molecule has 1 amide bonds. The summed E-state index contributed by atoms with van der Waals surface area (Å²) >= 11 is 0. The average molecular weight is 703 g/mol. The van der Waals surface area contributed by atoms with Crippen molar-refractivity contribution in [1.29, 1.82) is 0 Å². The molecule has 0 saturated carbocycles. The maximum Gasteiger partial charge on any atom is 0.415 e. The first-order chi connectivity index (χ1) is 24.1. The molecule has 4 heterocycles. The van der Waals surface area contributed by atoms with Gasteiger partial charge in [-0.2, -0.15) is 0 Å². The number of likely N-dealkylation sites (N-methyl/N-ethyl adjacent to an activating group) is 2. The van der Waals surface area contributed by atoms with Gasteiger partial charge in [-0.05, 0) is 54.9 Å². The summed E-state index contributed by atoms with van der Waals surface area (Å²) in [6, 6.07) is 7.01. The first-order valence-electron chi connectivity index (χ1n) is 16.5. The highest BCUT2D eigenvalue weighted by Crippen LogP contribution is 2.57. The third-order valence-electron chi connectivity index (χ3n) is 9.93. The number of fused-ring (bicyclic) bond motifs is 4. The van der Waals surface area contributed by atoms with Crippen LogP contribution in [0.25, 0.3) is 0 Å². The Hall–Kier alpha value is -3.90. The number of cyclic esters (lactones) is 1. The number of methoxy groups -OCH3 is 2. The number of aliphatic hydroxyl groups is 2. The molecule has 3 saturated heterocycles. The van der Waals surface area contributed by atoms with Crippen LogP contribution < -0.4 is 29.0 Å². The Balaban J connectivity index is 1.27. The Bertz CT molecular complexity index is 1580. The van der Waals surface area contributed by atoms with Gasteiger partial charge in [0.05, 0.1) is 39.5 Å². The van der Waals surface area contributed by atoms with Gasteiger partial charge in [-0.3, -0.25) is 4.79 Å². The van der Waals surface area contributed by atoms with Crippen LogP contribution in [0, 0.1) is 11.8 Å². The predicted molar refractivity (Wildman–Crippen MR) is 169 cm³/mol. The van der Waals surface area contributed by atoms with Crippen molar-refractivity contribution in [2.75, 3.05) is 61.4 Å². The highest BCUT2D eigenvalue weighted by Gasteiger charge is 2.56. The zero-order valence-electron chi connectivity index (χ0n) is 28.4. The zero-order chi connectivity index (χ0) is 35.3. The van der Waals surface area contributed by atoms with Crippen LogP contribution in [0.3, 0.4) is 0 Å². The monoisotopic (exact) mass is 702 g/mol. The first kappa shape index (κ1) is 34.5. The largest absolute Gasteiger partial charge is 0.493 e. The third kappa shape index (κ3) is 6.08. The van der Waals surface area contributed by atoms with E-state index in [4.69, 9.17) is 47.4 Å². The quantitative estimate of drug-likeness (QED) is 0.318. The van der Waals surface area contributed by atoms with E-state index in [1.54, 1.807) is 45.3 Å². The number of ether oxygens (including phenoxy) is 10. The molecule has 2 aromatic carbocycles. The second-order valence-electron chi connectivity index (χ2n) is 12.9. The molecular weight excluding hydrogens is 660 g/mol. The topological polar surface area (TPSA) is 182 Å². The van der Waals surface area contributed by atoms with Crippen molar-refractivity contribution < 1.29 is 67.2 Å². The van der Waals surface area contributed by atoms with E-state index in [-0.39, 0.29) is 37.3 Å². The number of carbonyl (C=O) groups is 2. The lowest BCUT2D eigenvalue weighted by molar-refractivity contribution is -0.364. The number of hydrogen-bond donors (Lipinski definition) is 3. The maximum absolute atomic E-state index is 13.7. The van der Waals surface area contributed by atoms with Gasteiger partial charge in [0.15, 0.2) is 35.6 Å². The number of aliphatic hydroxyl groups excluding tert-OH is 2. The highest BCUT2D eigenvalue weighted by atomic mass is 16.8. The molecule has 4 aliphatic heterocycles. The summed E-state index contributed by atoms with van der Waals surface area (Å²) in [6.07, 6.45) is -7.59. The number of rotatable bonds is 9. The van der Waals surface area contributed by atoms with Crippen LogP contribution in [-0.4, -0.2) is 126 Å². The number of esters is 1. The van der Waals surface area contributed by atoms with Crippen molar-refractivity contribution in [3.63, 3.8) is 0 Å². The predicted octanol–water partition coefficient (Wildman–Crippen LogP) is 1.28. The van der Waals surface area contributed by atoms with Crippen molar-refractivity contribution in [2.45, 2.75) is 55.9 Å². The van der Waals surface area contributed by atoms with Gasteiger partial charge < -0.3 is 67.8 Å². The van der Waals surface area contributed by atoms with Crippen molar-refractivity contribution in [3.05, 3.63) is 41.0 Å². The van der Waals surface area contributed by atoms with E-state index in [0.717, 1.165) is 0 Å². The van der Waals surface area contributed by atoms with Crippen molar-refractivity contribution in [2.24, 2.45) is 11.8 Å². The molecule has 5 aliphatic rings. The molecule has 0 aromatic heterocycles. The minimum Gasteiger partial charge on any atom is -0.493 e. The molecule has 16 heteroatoms. The summed E-state index contributed by atoms with van der Waals surface area (Å²) in [4.78, 5) is 28.0. The summed E-state index contributed by atoms with van der Waals surface area (Å²) in [5.41, 5.74) is 1.93. The van der Waals surface area contributed by atoms with Crippen molar-refractivity contribution in [1.82, 2.24) is 10.2 Å². The summed E-state index contributed by atoms with van der Waals surface area (Å²) in [6.45, 7) is 2.83. The Morgan fingerprint density at radius 3 is 2.36 bits per heavy atom. The average Bonchev–Trinajstić information content (AvgIpc) is 3.74. The summed E-state index contributed by atoms with van der Waals surface area (Å²) in [7, 11) is 6.30. The van der Waals surface area contributed by atoms with Gasteiger partial charge in [-0.1, -0.05) is 0 Å². The van der Waals surface area contributed by atoms with E-state index < -0.39 is 72.9 Å². The minimum absolute atomic E-state index is 0.00588. The molecular formula is C34H42N2O14. The fraction of sp³-hybridized carbons (Fsp3) is 0.588. The van der Waals surface area contributed by atoms with Gasteiger partial charge in [0.25, 0.3) is 0 Å². The molecule has 2 unspecified atom stereocenters. The second kappa shape index (κ2) is 14.0. The molecule has 16 nitrogen and oxygen atoms in total. The molecule has 7 rings (SSSR count). The number of benzene rings is 2. The van der Waals surface area contributed by atoms with Crippen LogP contribution in [0.1, 0.15) is 35.6 Å². The molecule has 1 aliphatic carbocycles. The summed E-state index contributed by atoms with van der Waals surface area (Å²) in [5.74, 6) is -0.942. The minimum atomic E-state index is -1.46. The Morgan fingerprint density at radius 2 is 1.68 bits per heavy atom. The molecule has 3 fully saturated rings. The highest BCUT2D eigenvalue weighted by molar-refractivity contribution is 5.79. The van der Waals surface area contributed by atoms with Gasteiger partial charge in [0.2, 0.25) is 12.5 Å². The number of nitrogens with one attached hydrogen (secondary N) is 1. The summed E-state index contributed by atoms with van der Waals surface area (Å²) < 4.78 is 58.3. The molecule has 0 radical (unpaired) electrons. The smallest absolute Gasteiger partial charge is 0.415 e. The van der Waals surface area contributed by atoms with Crippen LogP contribution in [0.15, 0.2) is 24.3 Å². The number of carbonyl (C=O) groups excluding carboxylic acids is 2. The third-order valence-corrected chi connectivity index (χ3v) is 9.93. The van der Waals surface area contributed by atoms with Crippen LogP contribution in [-0.2, 0) is 28.5 Å². The van der Waals surface area contributed by atoms with E-state index in [1.165, 1.54) is 19.1 Å². The van der Waals surface area contributed by atoms with Crippen molar-refractivity contribution in [3.8, 4) is 28.7 Å². The van der Waals surface area contributed by atoms with E-state index in [9.17, 15) is 19.8 Å². The van der Waals surface area contributed by atoms with E-state index in [2.05, 4.69) is 5.32 Å². The SMILES string of the molecule is CNCCN(C)C(=O)Oc1c(OC)cc([C@@H]2c3cc4c(cc3C(OC3O[C@@H]5CO[C@@H](C)O[C@H]5[C@H](O)[C@H]3O)[C@H]3COC(=O)[C@H]23)OCO4)cc1OC. The van der Waals surface area contributed by atoms with Crippen LogP contribution in [0.2, 0.25) is 0 Å². The van der Waals surface area contributed by atoms with Gasteiger partial charge in [-0.25, -0.2) is 4.79 Å². The second-order valence-corrected chi connectivity index (χ2v) is 12.9. The van der Waals surface area contributed by atoms with E-state index in [1.807, 2.05) is 0 Å². The molecule has 10 atom stereocenters. The normalized spacial score (nSPS) is 32.3. The Kier molecular flexibility index (Phi) is 9.69. The Labute approximate surface area is 288 Å². The molecule has 2 aromatic rings. The fourth-order valence-corrected chi connectivity index (χ4v) is 7.36. The molecule has 272 valence electrons. The number of nitrogens with zero attached hydrogens (tertiary/aromatic N) is 1. The maximum atomic E-state index is 13.7. The number of hydrogen-bond acceptors (Lipinski definition) is 15. The molecule has 3 N–H and O–H groups in total. The lowest BCUT2D eigenvalue weighted by atomic mass is 9.66. The van der Waals surface area contributed by atoms with Gasteiger partial charge in [0.1, 0.15) is 24.4 Å². The van der Waals surface area contributed by atoms with E-state index >= 15 is 0 Å². The van der Waals surface area contributed by atoms with Crippen LogP contribution >= 0.6 is 0 Å². The molecule has 0 spiro atoms. The fourth-order valence-electron chi connectivity index (χ4n) is 7.36. The van der Waals surface area contributed by atoms with Crippen molar-refractivity contribution >= 4 is 12.1 Å². The lowest BCUT2D eigenvalue weighted by Gasteiger charge is -2.47. The zero-order valence-corrected chi connectivity index (χ0v) is 28.4. The molecule has 50 heavy (non-hydrogen) atoms. The van der Waals surface area contributed by atoms with Crippen LogP contribution in [0.5, 0.6) is 28.7 Å². The first-order valence-corrected chi connectivity index (χ1v) is 16.5. The Morgan fingerprint density at radius 1 is 0.980 bits per heavy atom. The lowest BCUT2D eigenvalue weighted by Crippen LogP contribution is -2.63. The summed E-state index contributed by atoms with van der Waals surface area (Å²) in [5, 5.41) is 25.2. The van der Waals surface area contributed by atoms with E-state index in [0.29, 0.717) is 41.3 Å².